The number of hydrogen-bond acceptors (Lipinski definition) is 4. The van der Waals surface area contributed by atoms with Gasteiger partial charge in [0.1, 0.15) is 0 Å². The second kappa shape index (κ2) is 7.32. The van der Waals surface area contributed by atoms with Gasteiger partial charge in [0.25, 0.3) is 5.91 Å². The molecule has 1 heterocycles. The van der Waals surface area contributed by atoms with Crippen LogP contribution in [0.2, 0.25) is 0 Å². The lowest BCUT2D eigenvalue weighted by molar-refractivity contribution is 0.102. The van der Waals surface area contributed by atoms with Crippen LogP contribution in [0.15, 0.2) is 54.6 Å². The zero-order chi connectivity index (χ0) is 17.8. The van der Waals surface area contributed by atoms with E-state index in [0.29, 0.717) is 12.1 Å². The lowest BCUT2D eigenvalue weighted by atomic mass is 10.1. The summed E-state index contributed by atoms with van der Waals surface area (Å²) in [5, 5.41) is 12.8. The molecule has 5 heteroatoms. The van der Waals surface area contributed by atoms with E-state index in [1.54, 1.807) is 6.07 Å². The van der Waals surface area contributed by atoms with Gasteiger partial charge < -0.3 is 15.3 Å². The fraction of sp³-hybridized carbons (Fsp3) is 0.200. The molecule has 25 heavy (non-hydrogen) atoms. The zero-order valence-corrected chi connectivity index (χ0v) is 14.4. The smallest absolute Gasteiger partial charge is 0.255 e. The maximum absolute atomic E-state index is 12.5. The second-order valence-corrected chi connectivity index (χ2v) is 6.01. The molecule has 128 valence electrons. The van der Waals surface area contributed by atoms with Gasteiger partial charge in [0.15, 0.2) is 0 Å². The van der Waals surface area contributed by atoms with Gasteiger partial charge in [0.2, 0.25) is 0 Å². The van der Waals surface area contributed by atoms with Crippen molar-refractivity contribution in [3.05, 3.63) is 65.9 Å². The van der Waals surface area contributed by atoms with Crippen LogP contribution in [-0.4, -0.2) is 36.2 Å². The number of aliphatic hydroxyl groups is 1. The first-order chi connectivity index (χ1) is 12.1. The fourth-order valence-electron chi connectivity index (χ4n) is 2.65. The summed E-state index contributed by atoms with van der Waals surface area (Å²) in [5.74, 6) is -0.154. The standard InChI is InChI=1S/C20H21N3O2/c1-14-3-4-15-13-16(5-10-19(15)21-14)20(25)22-17-6-8-18(9-7-17)23(2)11-12-24/h3-10,13,24H,11-12H2,1-2H3,(H,22,25). The Bertz CT molecular complexity index is 891. The minimum Gasteiger partial charge on any atom is -0.395 e. The fourth-order valence-corrected chi connectivity index (χ4v) is 2.65. The average Bonchev–Trinajstić information content (AvgIpc) is 2.62. The Labute approximate surface area is 146 Å². The molecule has 2 N–H and O–H groups in total. The normalized spacial score (nSPS) is 10.7. The van der Waals surface area contributed by atoms with E-state index < -0.39 is 0 Å². The Morgan fingerprint density at radius 2 is 1.88 bits per heavy atom. The van der Waals surface area contributed by atoms with E-state index in [1.807, 2.05) is 67.4 Å². The Morgan fingerprint density at radius 1 is 1.12 bits per heavy atom. The first-order valence-electron chi connectivity index (χ1n) is 8.17. The summed E-state index contributed by atoms with van der Waals surface area (Å²) in [5.41, 5.74) is 4.15. The molecule has 0 aliphatic rings. The molecule has 0 aliphatic heterocycles. The van der Waals surface area contributed by atoms with Gasteiger partial charge >= 0.3 is 0 Å². The summed E-state index contributed by atoms with van der Waals surface area (Å²) in [6.45, 7) is 2.61. The molecule has 3 aromatic rings. The van der Waals surface area contributed by atoms with Crippen molar-refractivity contribution >= 4 is 28.2 Å². The number of aryl methyl sites for hydroxylation is 1. The highest BCUT2D eigenvalue weighted by Gasteiger charge is 2.08. The van der Waals surface area contributed by atoms with Crippen molar-refractivity contribution in [2.45, 2.75) is 6.92 Å². The van der Waals surface area contributed by atoms with Gasteiger partial charge in [-0.25, -0.2) is 0 Å². The van der Waals surface area contributed by atoms with Crippen LogP contribution in [0.3, 0.4) is 0 Å². The average molecular weight is 335 g/mol. The van der Waals surface area contributed by atoms with Crippen LogP contribution in [0.25, 0.3) is 10.9 Å². The molecule has 0 fully saturated rings. The summed E-state index contributed by atoms with van der Waals surface area (Å²) < 4.78 is 0. The SMILES string of the molecule is Cc1ccc2cc(C(=O)Nc3ccc(N(C)CCO)cc3)ccc2n1. The third kappa shape index (κ3) is 3.95. The topological polar surface area (TPSA) is 65.5 Å². The maximum Gasteiger partial charge on any atom is 0.255 e. The summed E-state index contributed by atoms with van der Waals surface area (Å²) in [7, 11) is 1.91. The zero-order valence-electron chi connectivity index (χ0n) is 14.4. The molecule has 0 radical (unpaired) electrons. The number of anilines is 2. The number of nitrogens with zero attached hydrogens (tertiary/aromatic N) is 2. The van der Waals surface area contributed by atoms with Crippen LogP contribution < -0.4 is 10.2 Å². The van der Waals surface area contributed by atoms with Crippen LogP contribution in [0, 0.1) is 6.92 Å². The van der Waals surface area contributed by atoms with Crippen molar-refractivity contribution < 1.29 is 9.90 Å². The predicted octanol–water partition coefficient (Wildman–Crippen LogP) is 3.22. The highest BCUT2D eigenvalue weighted by atomic mass is 16.3. The Hall–Kier alpha value is -2.92. The molecule has 0 spiro atoms. The minimum atomic E-state index is -0.154. The number of benzene rings is 2. The van der Waals surface area contributed by atoms with Gasteiger partial charge in [0, 0.05) is 41.6 Å². The van der Waals surface area contributed by atoms with E-state index in [2.05, 4.69) is 10.3 Å². The van der Waals surface area contributed by atoms with Crippen LogP contribution in [0.1, 0.15) is 16.1 Å². The lowest BCUT2D eigenvalue weighted by Gasteiger charge is -2.18. The van der Waals surface area contributed by atoms with Crippen LogP contribution in [-0.2, 0) is 0 Å². The van der Waals surface area contributed by atoms with Gasteiger partial charge in [-0.2, -0.15) is 0 Å². The maximum atomic E-state index is 12.5. The Balaban J connectivity index is 1.74. The van der Waals surface area contributed by atoms with E-state index in [0.717, 1.165) is 28.0 Å². The summed E-state index contributed by atoms with van der Waals surface area (Å²) in [6, 6.07) is 16.9. The molecule has 1 amide bonds. The molecular weight excluding hydrogens is 314 g/mol. The monoisotopic (exact) mass is 335 g/mol. The summed E-state index contributed by atoms with van der Waals surface area (Å²) in [6.07, 6.45) is 0. The highest BCUT2D eigenvalue weighted by molar-refractivity contribution is 6.06. The van der Waals surface area contributed by atoms with Gasteiger partial charge in [-0.3, -0.25) is 9.78 Å². The number of nitrogens with one attached hydrogen (secondary N) is 1. The molecule has 0 bridgehead atoms. The predicted molar refractivity (Wildman–Crippen MR) is 101 cm³/mol. The number of aliphatic hydroxyl groups excluding tert-OH is 1. The van der Waals surface area contributed by atoms with Crippen molar-refractivity contribution in [2.24, 2.45) is 0 Å². The van der Waals surface area contributed by atoms with Crippen molar-refractivity contribution in [2.75, 3.05) is 30.4 Å². The number of aromatic nitrogens is 1. The van der Waals surface area contributed by atoms with E-state index in [4.69, 9.17) is 5.11 Å². The van der Waals surface area contributed by atoms with Gasteiger partial charge in [-0.1, -0.05) is 6.07 Å². The summed E-state index contributed by atoms with van der Waals surface area (Å²) in [4.78, 5) is 18.9. The second-order valence-electron chi connectivity index (χ2n) is 6.01. The van der Waals surface area contributed by atoms with E-state index in [1.165, 1.54) is 0 Å². The minimum absolute atomic E-state index is 0.103. The number of carbonyl (C=O) groups excluding carboxylic acids is 1. The number of fused-ring (bicyclic) bond motifs is 1. The van der Waals surface area contributed by atoms with Crippen molar-refractivity contribution in [3.8, 4) is 0 Å². The molecule has 0 atom stereocenters. The van der Waals surface area contributed by atoms with Crippen LogP contribution in [0.4, 0.5) is 11.4 Å². The van der Waals surface area contributed by atoms with E-state index >= 15 is 0 Å². The van der Waals surface area contributed by atoms with Crippen LogP contribution in [0.5, 0.6) is 0 Å². The molecule has 0 saturated heterocycles. The Kier molecular flexibility index (Phi) is 4.95. The Morgan fingerprint density at radius 3 is 2.60 bits per heavy atom. The molecule has 5 nitrogen and oxygen atoms in total. The van der Waals surface area contributed by atoms with Gasteiger partial charge in [-0.05, 0) is 55.5 Å². The molecule has 2 aromatic carbocycles. The molecule has 0 aliphatic carbocycles. The van der Waals surface area contributed by atoms with E-state index in [-0.39, 0.29) is 12.5 Å². The largest absolute Gasteiger partial charge is 0.395 e. The van der Waals surface area contributed by atoms with E-state index in [9.17, 15) is 4.79 Å². The lowest BCUT2D eigenvalue weighted by Crippen LogP contribution is -2.21. The molecule has 3 rings (SSSR count). The van der Waals surface area contributed by atoms with Crippen molar-refractivity contribution in [1.82, 2.24) is 4.98 Å². The number of likely N-dealkylation sites (N-methyl/N-ethyl adjacent to an activating group) is 1. The molecule has 0 saturated carbocycles. The number of hydrogen-bond donors (Lipinski definition) is 2. The third-order valence-electron chi connectivity index (χ3n) is 4.09. The first kappa shape index (κ1) is 16.9. The first-order valence-corrected chi connectivity index (χ1v) is 8.17. The van der Waals surface area contributed by atoms with Crippen LogP contribution >= 0.6 is 0 Å². The quantitative estimate of drug-likeness (QED) is 0.751. The number of carbonyl (C=O) groups is 1. The molecule has 1 aromatic heterocycles. The number of amides is 1. The van der Waals surface area contributed by atoms with Gasteiger partial charge in [0.05, 0.1) is 12.1 Å². The highest BCUT2D eigenvalue weighted by Crippen LogP contribution is 2.19. The van der Waals surface area contributed by atoms with Crippen molar-refractivity contribution in [3.63, 3.8) is 0 Å². The molecule has 0 unspecified atom stereocenters. The number of pyridine rings is 1. The van der Waals surface area contributed by atoms with Gasteiger partial charge in [-0.15, -0.1) is 0 Å². The summed E-state index contributed by atoms with van der Waals surface area (Å²) >= 11 is 0. The molecular formula is C20H21N3O2. The van der Waals surface area contributed by atoms with Crippen molar-refractivity contribution in [1.29, 1.82) is 0 Å². The third-order valence-corrected chi connectivity index (χ3v) is 4.09. The number of rotatable bonds is 5.